The van der Waals surface area contributed by atoms with Crippen molar-refractivity contribution in [3.05, 3.63) is 0 Å². The second kappa shape index (κ2) is 9.48. The highest BCUT2D eigenvalue weighted by Crippen LogP contribution is 1.62. The van der Waals surface area contributed by atoms with E-state index in [1.807, 2.05) is 0 Å². The van der Waals surface area contributed by atoms with Crippen LogP contribution in [0.15, 0.2) is 0 Å². The van der Waals surface area contributed by atoms with Crippen LogP contribution in [-0.2, 0) is 20.2 Å². The van der Waals surface area contributed by atoms with Crippen LogP contribution in [0.2, 0.25) is 0 Å². The van der Waals surface area contributed by atoms with Crippen LogP contribution in [-0.4, -0.2) is 13.3 Å². The lowest BCUT2D eigenvalue weighted by Gasteiger charge is -1.73. The van der Waals surface area contributed by atoms with Crippen molar-refractivity contribution in [2.75, 3.05) is 0 Å². The number of hydrogen-bond acceptors (Lipinski definition) is 2. The van der Waals surface area contributed by atoms with Gasteiger partial charge in [-0.1, -0.05) is 0 Å². The van der Waals surface area contributed by atoms with Gasteiger partial charge in [-0.25, -0.2) is 0 Å². The van der Waals surface area contributed by atoms with Crippen molar-refractivity contribution in [1.29, 1.82) is 0 Å². The molecule has 2 N–H and O–H groups in total. The van der Waals surface area contributed by atoms with Crippen molar-refractivity contribution in [2.45, 2.75) is 0 Å². The molecule has 0 aliphatic heterocycles. The van der Waals surface area contributed by atoms with Gasteiger partial charge in [0.1, 0.15) is 0 Å². The van der Waals surface area contributed by atoms with E-state index in [1.165, 1.54) is 0 Å². The van der Waals surface area contributed by atoms with Crippen molar-refractivity contribution in [3.63, 3.8) is 0 Å². The first kappa shape index (κ1) is 22.4. The molecule has 3 nitrogen and oxygen atoms in total. The van der Waals surface area contributed by atoms with E-state index >= 15 is 0 Å². The highest BCUT2D eigenvalue weighted by molar-refractivity contribution is 14.0. The molecular formula is H5I3O3S2. The zero-order valence-electron chi connectivity index (χ0n) is 3.34. The Morgan fingerprint density at radius 1 is 1.12 bits per heavy atom. The molecule has 8 heavy (non-hydrogen) atoms. The smallest absolute Gasteiger partial charge is 0.263 e. The minimum absolute atomic E-state index is 0. The Bertz CT molecular complexity index is 95.7. The van der Waals surface area contributed by atoms with Gasteiger partial charge in [0.05, 0.1) is 0 Å². The van der Waals surface area contributed by atoms with Crippen molar-refractivity contribution >= 4 is 92.2 Å². The molecule has 0 saturated heterocycles. The largest absolute Gasteiger partial charge is 0.285 e. The fourth-order valence-corrected chi connectivity index (χ4v) is 0. The molecule has 8 heteroatoms. The molecule has 0 amide bonds. The van der Waals surface area contributed by atoms with E-state index in [0.717, 1.165) is 0 Å². The SMILES string of the molecule is I.I.I.O=S(O)(O)=S. The first-order chi connectivity index (χ1) is 2.00. The molecule has 0 aliphatic carbocycles. The van der Waals surface area contributed by atoms with Gasteiger partial charge in [0.2, 0.25) is 0 Å². The average molecular weight is 498 g/mol. The fourth-order valence-electron chi connectivity index (χ4n) is 0. The van der Waals surface area contributed by atoms with Crippen molar-refractivity contribution in [1.82, 2.24) is 0 Å². The third kappa shape index (κ3) is 77.1. The summed E-state index contributed by atoms with van der Waals surface area (Å²) in [5, 5.41) is 0. The Morgan fingerprint density at radius 2 is 1.12 bits per heavy atom. The normalized spacial score (nSPS) is 7.25. The summed E-state index contributed by atoms with van der Waals surface area (Å²) in [6.45, 7) is 0. The van der Waals surface area contributed by atoms with E-state index in [-0.39, 0.29) is 71.9 Å². The van der Waals surface area contributed by atoms with Gasteiger partial charge in [-0.15, -0.1) is 71.9 Å². The second-order valence-corrected chi connectivity index (χ2v) is 2.65. The third-order valence-corrected chi connectivity index (χ3v) is 0. The molecule has 0 aromatic heterocycles. The van der Waals surface area contributed by atoms with E-state index in [9.17, 15) is 0 Å². The first-order valence-corrected chi connectivity index (χ1v) is 3.10. The van der Waals surface area contributed by atoms with Crippen molar-refractivity contribution in [3.8, 4) is 0 Å². The third-order valence-electron chi connectivity index (χ3n) is 0. The molecule has 0 aliphatic rings. The zero-order chi connectivity index (χ0) is 4.50. The van der Waals surface area contributed by atoms with Crippen LogP contribution in [0.1, 0.15) is 0 Å². The molecule has 0 atom stereocenters. The standard InChI is InChI=1S/3HI.H2O3S2/c;;;1-5(2,3)4/h3*1H;(H2,1,2,3,4). The molecule has 0 fully saturated rings. The zero-order valence-corrected chi connectivity index (χ0v) is 12.0. The highest BCUT2D eigenvalue weighted by Gasteiger charge is 1.78. The average Bonchev–Trinajstić information content (AvgIpc) is 0.722. The highest BCUT2D eigenvalue weighted by atomic mass is 127. The van der Waals surface area contributed by atoms with Gasteiger partial charge in [-0.3, -0.25) is 9.11 Å². The van der Waals surface area contributed by atoms with E-state index in [4.69, 9.17) is 13.3 Å². The van der Waals surface area contributed by atoms with E-state index in [0.29, 0.717) is 0 Å². The summed E-state index contributed by atoms with van der Waals surface area (Å²) in [7, 11) is -3.83. The monoisotopic (exact) mass is 498 g/mol. The van der Waals surface area contributed by atoms with Gasteiger partial charge in [-0.2, -0.15) is 4.21 Å². The lowest BCUT2D eigenvalue weighted by Crippen LogP contribution is -1.86. The predicted octanol–water partition coefficient (Wildman–Crippen LogP) is 1.53. The fraction of sp³-hybridized carbons (Fsp3) is 0. The van der Waals surface area contributed by atoms with E-state index in [1.54, 1.807) is 0 Å². The van der Waals surface area contributed by atoms with Crippen LogP contribution >= 0.6 is 71.9 Å². The quantitative estimate of drug-likeness (QED) is 0.499. The minimum atomic E-state index is -3.83. The minimum Gasteiger partial charge on any atom is -0.285 e. The maximum Gasteiger partial charge on any atom is 0.263 e. The summed E-state index contributed by atoms with van der Waals surface area (Å²) in [5.74, 6) is 0. The molecule has 0 rings (SSSR count). The summed E-state index contributed by atoms with van der Waals surface area (Å²) in [6, 6.07) is 0. The molecule has 0 aromatic carbocycles. The predicted molar refractivity (Wildman–Crippen MR) is 67.0 cm³/mol. The van der Waals surface area contributed by atoms with E-state index in [2.05, 4.69) is 11.2 Å². The van der Waals surface area contributed by atoms with Crippen LogP contribution in [0.3, 0.4) is 0 Å². The summed E-state index contributed by atoms with van der Waals surface area (Å²) >= 11 is 3.47. The lowest BCUT2D eigenvalue weighted by molar-refractivity contribution is 0.450. The Kier molecular flexibility index (Phi) is 26.6. The molecule has 0 radical (unpaired) electrons. The van der Waals surface area contributed by atoms with Crippen molar-refractivity contribution in [2.24, 2.45) is 0 Å². The van der Waals surface area contributed by atoms with Crippen LogP contribution < -0.4 is 0 Å². The van der Waals surface area contributed by atoms with Gasteiger partial charge in [-0.05, 0) is 0 Å². The number of halogens is 3. The summed E-state index contributed by atoms with van der Waals surface area (Å²) in [6.07, 6.45) is 0. The van der Waals surface area contributed by atoms with Crippen LogP contribution in [0.5, 0.6) is 0 Å². The van der Waals surface area contributed by atoms with Gasteiger partial charge in [0.25, 0.3) is 9.05 Å². The first-order valence-electron chi connectivity index (χ1n) is 0.698. The van der Waals surface area contributed by atoms with E-state index < -0.39 is 9.05 Å². The Labute approximate surface area is 104 Å². The van der Waals surface area contributed by atoms with Gasteiger partial charge >= 0.3 is 0 Å². The number of hydrogen-bond donors (Lipinski definition) is 2. The molecule has 0 heterocycles. The summed E-state index contributed by atoms with van der Waals surface area (Å²) < 4.78 is 24.0. The lowest BCUT2D eigenvalue weighted by atomic mass is 15.8. The molecule has 0 bridgehead atoms. The molecule has 0 saturated carbocycles. The van der Waals surface area contributed by atoms with Crippen LogP contribution in [0.4, 0.5) is 0 Å². The molecule has 56 valence electrons. The maximum atomic E-state index is 9.11. The van der Waals surface area contributed by atoms with Crippen LogP contribution in [0.25, 0.3) is 0 Å². The van der Waals surface area contributed by atoms with Crippen LogP contribution in [0, 0.1) is 0 Å². The molecular weight excluding hydrogens is 493 g/mol. The Hall–Kier alpha value is 2.48. The van der Waals surface area contributed by atoms with Gasteiger partial charge < -0.3 is 0 Å². The van der Waals surface area contributed by atoms with Gasteiger partial charge in [0, 0.05) is 11.2 Å². The second-order valence-electron chi connectivity index (χ2n) is 0.448. The Balaban J connectivity index is -0.0000000267. The maximum absolute atomic E-state index is 9.11. The summed E-state index contributed by atoms with van der Waals surface area (Å²) in [4.78, 5) is 0. The Morgan fingerprint density at radius 3 is 1.12 bits per heavy atom. The van der Waals surface area contributed by atoms with Gasteiger partial charge in [0.15, 0.2) is 0 Å². The summed E-state index contributed by atoms with van der Waals surface area (Å²) in [5.41, 5.74) is 0. The van der Waals surface area contributed by atoms with Crippen molar-refractivity contribution < 1.29 is 13.3 Å². The topological polar surface area (TPSA) is 57.5 Å². The molecule has 0 spiro atoms. The molecule has 0 aromatic rings. The number of rotatable bonds is 0. The molecule has 0 unspecified atom stereocenters.